The lowest BCUT2D eigenvalue weighted by atomic mass is 10.5. The van der Waals surface area contributed by atoms with E-state index >= 15 is 0 Å². The van der Waals surface area contributed by atoms with Crippen LogP contribution >= 0.6 is 22.9 Å². The van der Waals surface area contributed by atoms with E-state index in [2.05, 4.69) is 15.0 Å². The van der Waals surface area contributed by atoms with Gasteiger partial charge in [-0.2, -0.15) is 0 Å². The number of aliphatic hydroxyl groups is 1. The minimum absolute atomic E-state index is 0.0495. The zero-order chi connectivity index (χ0) is 9.26. The molecule has 0 saturated heterocycles. The first-order valence-electron chi connectivity index (χ1n) is 3.56. The van der Waals surface area contributed by atoms with E-state index in [-0.39, 0.29) is 6.61 Å². The lowest BCUT2D eigenvalue weighted by molar-refractivity contribution is 0.277. The van der Waals surface area contributed by atoms with Gasteiger partial charge in [0.05, 0.1) is 24.7 Å². The molecule has 0 unspecified atom stereocenters. The maximum atomic E-state index is 8.79. The third-order valence-corrected chi connectivity index (χ3v) is 2.60. The second-order valence-corrected chi connectivity index (χ2v) is 4.05. The van der Waals surface area contributed by atoms with Gasteiger partial charge in [-0.3, -0.25) is 0 Å². The summed E-state index contributed by atoms with van der Waals surface area (Å²) >= 11 is 7.06. The summed E-state index contributed by atoms with van der Waals surface area (Å²) in [7, 11) is 0. The highest BCUT2D eigenvalue weighted by Gasteiger charge is 2.06. The van der Waals surface area contributed by atoms with Crippen LogP contribution in [0.5, 0.6) is 0 Å². The van der Waals surface area contributed by atoms with Gasteiger partial charge < -0.3 is 10.1 Å². The topological polar surface area (TPSA) is 61.8 Å². The summed E-state index contributed by atoms with van der Waals surface area (Å²) in [5, 5.41) is 9.52. The molecule has 2 heterocycles. The largest absolute Gasteiger partial charge is 0.390 e. The van der Waals surface area contributed by atoms with Crippen LogP contribution in [0.4, 0.5) is 0 Å². The van der Waals surface area contributed by atoms with Crippen LogP contribution in [0.3, 0.4) is 0 Å². The van der Waals surface area contributed by atoms with Crippen molar-refractivity contribution in [2.45, 2.75) is 6.61 Å². The van der Waals surface area contributed by atoms with Crippen molar-refractivity contribution in [2.75, 3.05) is 0 Å². The van der Waals surface area contributed by atoms with Crippen molar-refractivity contribution in [3.05, 3.63) is 22.4 Å². The van der Waals surface area contributed by atoms with Crippen LogP contribution in [0.25, 0.3) is 10.8 Å². The number of rotatable bonds is 2. The first-order valence-corrected chi connectivity index (χ1v) is 4.75. The Bertz CT molecular complexity index is 411. The summed E-state index contributed by atoms with van der Waals surface area (Å²) in [5.41, 5.74) is 0.668. The number of nitrogens with zero attached hydrogens (tertiary/aromatic N) is 2. The Morgan fingerprint density at radius 2 is 2.31 bits per heavy atom. The summed E-state index contributed by atoms with van der Waals surface area (Å²) in [6.07, 6.45) is 3.15. The first kappa shape index (κ1) is 8.68. The standard InChI is InChI=1S/C7H6ClN3OS/c8-5-2-10-7(13-5)6-9-1-4(3-12)11-6/h1-2,12H,3H2,(H,9,11). The van der Waals surface area contributed by atoms with Crippen molar-refractivity contribution in [2.24, 2.45) is 0 Å². The van der Waals surface area contributed by atoms with Gasteiger partial charge in [0.25, 0.3) is 0 Å². The Balaban J connectivity index is 2.35. The number of halogens is 1. The number of aromatic amines is 1. The molecule has 0 fully saturated rings. The molecule has 0 amide bonds. The fourth-order valence-electron chi connectivity index (χ4n) is 0.912. The molecule has 2 rings (SSSR count). The number of thiazole rings is 1. The molecular weight excluding hydrogens is 210 g/mol. The van der Waals surface area contributed by atoms with Crippen LogP contribution < -0.4 is 0 Å². The van der Waals surface area contributed by atoms with Crippen molar-refractivity contribution in [3.8, 4) is 10.8 Å². The molecular formula is C7H6ClN3OS. The van der Waals surface area contributed by atoms with E-state index in [4.69, 9.17) is 16.7 Å². The Labute approximate surface area is 83.2 Å². The van der Waals surface area contributed by atoms with E-state index in [1.807, 2.05) is 0 Å². The van der Waals surface area contributed by atoms with E-state index in [9.17, 15) is 0 Å². The van der Waals surface area contributed by atoms with E-state index in [1.165, 1.54) is 11.3 Å². The molecule has 0 saturated carbocycles. The summed E-state index contributed by atoms with van der Waals surface area (Å²) in [6.45, 7) is -0.0495. The summed E-state index contributed by atoms with van der Waals surface area (Å²) in [5.74, 6) is 0.640. The number of aromatic nitrogens is 3. The summed E-state index contributed by atoms with van der Waals surface area (Å²) < 4.78 is 0.622. The second-order valence-electron chi connectivity index (χ2n) is 2.38. The molecule has 0 spiro atoms. The molecule has 2 aromatic rings. The number of hydrogen-bond donors (Lipinski definition) is 2. The van der Waals surface area contributed by atoms with Crippen LogP contribution in [0.15, 0.2) is 12.4 Å². The fraction of sp³-hybridized carbons (Fsp3) is 0.143. The van der Waals surface area contributed by atoms with Gasteiger partial charge >= 0.3 is 0 Å². The van der Waals surface area contributed by atoms with E-state index < -0.39 is 0 Å². The van der Waals surface area contributed by atoms with Gasteiger partial charge in [-0.1, -0.05) is 22.9 Å². The van der Waals surface area contributed by atoms with Crippen LogP contribution in [-0.4, -0.2) is 20.1 Å². The predicted octanol–water partition coefficient (Wildman–Crippen LogP) is 1.68. The molecule has 68 valence electrons. The Kier molecular flexibility index (Phi) is 2.30. The minimum atomic E-state index is -0.0495. The molecule has 0 aliphatic rings. The Morgan fingerprint density at radius 1 is 1.46 bits per heavy atom. The SMILES string of the molecule is OCc1cnc(-c2ncc(Cl)s2)[nH]1. The molecule has 0 bridgehead atoms. The minimum Gasteiger partial charge on any atom is -0.390 e. The smallest absolute Gasteiger partial charge is 0.166 e. The third kappa shape index (κ3) is 1.72. The number of H-pyrrole nitrogens is 1. The maximum Gasteiger partial charge on any atom is 0.166 e. The number of hydrogen-bond acceptors (Lipinski definition) is 4. The predicted molar refractivity (Wildman–Crippen MR) is 50.6 cm³/mol. The summed E-state index contributed by atoms with van der Waals surface area (Å²) in [4.78, 5) is 11.0. The lowest BCUT2D eigenvalue weighted by Crippen LogP contribution is -1.82. The Hall–Kier alpha value is -0.910. The third-order valence-electron chi connectivity index (χ3n) is 1.48. The zero-order valence-corrected chi connectivity index (χ0v) is 8.06. The molecule has 2 aromatic heterocycles. The number of aliphatic hydroxyl groups excluding tert-OH is 1. The first-order chi connectivity index (χ1) is 6.29. The van der Waals surface area contributed by atoms with Crippen LogP contribution in [0.1, 0.15) is 5.69 Å². The second kappa shape index (κ2) is 3.45. The average Bonchev–Trinajstić information content (AvgIpc) is 2.71. The molecule has 6 heteroatoms. The molecule has 0 atom stereocenters. The van der Waals surface area contributed by atoms with Gasteiger partial charge in [0.15, 0.2) is 10.8 Å². The monoisotopic (exact) mass is 215 g/mol. The van der Waals surface area contributed by atoms with Gasteiger partial charge in [0.2, 0.25) is 0 Å². The number of nitrogens with one attached hydrogen (secondary N) is 1. The highest BCUT2D eigenvalue weighted by Crippen LogP contribution is 2.25. The molecule has 13 heavy (non-hydrogen) atoms. The highest BCUT2D eigenvalue weighted by atomic mass is 35.5. The van der Waals surface area contributed by atoms with E-state index in [0.29, 0.717) is 15.9 Å². The average molecular weight is 216 g/mol. The molecule has 4 nitrogen and oxygen atoms in total. The Morgan fingerprint density at radius 3 is 2.85 bits per heavy atom. The number of imidazole rings is 1. The van der Waals surface area contributed by atoms with Crippen molar-refractivity contribution < 1.29 is 5.11 Å². The molecule has 0 aliphatic carbocycles. The highest BCUT2D eigenvalue weighted by molar-refractivity contribution is 7.18. The van der Waals surface area contributed by atoms with Gasteiger partial charge in [-0.15, -0.1) is 0 Å². The van der Waals surface area contributed by atoms with Gasteiger partial charge in [-0.05, 0) is 0 Å². The molecule has 0 radical (unpaired) electrons. The van der Waals surface area contributed by atoms with Crippen LogP contribution in [0.2, 0.25) is 4.34 Å². The van der Waals surface area contributed by atoms with Crippen LogP contribution in [0, 0.1) is 0 Å². The fourth-order valence-corrected chi connectivity index (χ4v) is 1.78. The summed E-state index contributed by atoms with van der Waals surface area (Å²) in [6, 6.07) is 0. The quantitative estimate of drug-likeness (QED) is 0.801. The van der Waals surface area contributed by atoms with Gasteiger partial charge in [-0.25, -0.2) is 9.97 Å². The molecule has 2 N–H and O–H groups in total. The molecule has 0 aliphatic heterocycles. The van der Waals surface area contributed by atoms with Gasteiger partial charge in [0, 0.05) is 0 Å². The maximum absolute atomic E-state index is 8.79. The lowest BCUT2D eigenvalue weighted by Gasteiger charge is -1.87. The van der Waals surface area contributed by atoms with Crippen molar-refractivity contribution >= 4 is 22.9 Å². The normalized spacial score (nSPS) is 10.6. The van der Waals surface area contributed by atoms with Gasteiger partial charge in [0.1, 0.15) is 4.34 Å². The van der Waals surface area contributed by atoms with Crippen LogP contribution in [-0.2, 0) is 6.61 Å². The van der Waals surface area contributed by atoms with E-state index in [1.54, 1.807) is 12.4 Å². The van der Waals surface area contributed by atoms with Crippen molar-refractivity contribution in [1.82, 2.24) is 15.0 Å². The molecule has 0 aromatic carbocycles. The van der Waals surface area contributed by atoms with E-state index in [0.717, 1.165) is 5.01 Å². The zero-order valence-electron chi connectivity index (χ0n) is 6.49. The van der Waals surface area contributed by atoms with Crippen molar-refractivity contribution in [3.63, 3.8) is 0 Å². The van der Waals surface area contributed by atoms with Crippen molar-refractivity contribution in [1.29, 1.82) is 0 Å².